The molecule has 0 aliphatic carbocycles. The molecule has 0 fully saturated rings. The third kappa shape index (κ3) is 6.78. The van der Waals surface area contributed by atoms with E-state index in [1.807, 2.05) is 13.8 Å². The summed E-state index contributed by atoms with van der Waals surface area (Å²) in [5.74, 6) is -1.14. The van der Waals surface area contributed by atoms with Crippen molar-refractivity contribution >= 4 is 12.0 Å². The van der Waals surface area contributed by atoms with Gasteiger partial charge < -0.3 is 20.8 Å². The van der Waals surface area contributed by atoms with Crippen LogP contribution in [0.5, 0.6) is 0 Å². The topological polar surface area (TPSA) is 98.7 Å². The number of aliphatic hydroxyl groups excluding tert-OH is 1. The van der Waals surface area contributed by atoms with Crippen LogP contribution in [0.25, 0.3) is 0 Å². The van der Waals surface area contributed by atoms with Gasteiger partial charge in [-0.1, -0.05) is 20.3 Å². The molecule has 0 saturated heterocycles. The number of carboxylic acids is 1. The first kappa shape index (κ1) is 15.7. The molecule has 0 bridgehead atoms. The van der Waals surface area contributed by atoms with Crippen LogP contribution in [-0.2, 0) is 4.79 Å². The van der Waals surface area contributed by atoms with Crippen LogP contribution in [-0.4, -0.2) is 40.9 Å². The summed E-state index contributed by atoms with van der Waals surface area (Å²) in [6.45, 7) is 3.71. The number of aliphatic carboxylic acids is 1. The van der Waals surface area contributed by atoms with E-state index >= 15 is 0 Å². The second kappa shape index (κ2) is 8.81. The summed E-state index contributed by atoms with van der Waals surface area (Å²) in [6, 6.07) is -1.48. The van der Waals surface area contributed by atoms with Crippen molar-refractivity contribution in [2.24, 2.45) is 0 Å². The lowest BCUT2D eigenvalue weighted by molar-refractivity contribution is -0.139. The van der Waals surface area contributed by atoms with Gasteiger partial charge in [-0.3, -0.25) is 0 Å². The zero-order valence-corrected chi connectivity index (χ0v) is 10.4. The first-order valence-corrected chi connectivity index (χ1v) is 5.95. The number of nitrogens with one attached hydrogen (secondary N) is 2. The van der Waals surface area contributed by atoms with Gasteiger partial charge in [0.05, 0.1) is 0 Å². The number of hydrogen-bond donors (Lipinski definition) is 4. The third-order valence-corrected chi connectivity index (χ3v) is 2.49. The largest absolute Gasteiger partial charge is 0.480 e. The van der Waals surface area contributed by atoms with E-state index in [4.69, 9.17) is 10.2 Å². The maximum Gasteiger partial charge on any atom is 0.326 e. The van der Waals surface area contributed by atoms with Gasteiger partial charge in [-0.2, -0.15) is 0 Å². The summed E-state index contributed by atoms with van der Waals surface area (Å²) in [5, 5.41) is 22.5. The molecule has 0 rings (SSSR count). The number of urea groups is 1. The Morgan fingerprint density at radius 1 is 1.18 bits per heavy atom. The van der Waals surface area contributed by atoms with E-state index in [1.54, 1.807) is 0 Å². The molecule has 0 aliphatic rings. The van der Waals surface area contributed by atoms with Gasteiger partial charge in [-0.05, 0) is 12.8 Å². The van der Waals surface area contributed by atoms with Crippen molar-refractivity contribution in [2.75, 3.05) is 6.61 Å². The number of carbonyl (C=O) groups excluding carboxylic acids is 1. The van der Waals surface area contributed by atoms with E-state index in [9.17, 15) is 9.59 Å². The quantitative estimate of drug-likeness (QED) is 0.506. The molecule has 6 nitrogen and oxygen atoms in total. The Bertz CT molecular complexity index is 246. The number of hydrogen-bond acceptors (Lipinski definition) is 3. The molecular formula is C11H22N2O4. The molecule has 0 radical (unpaired) electrons. The van der Waals surface area contributed by atoms with Crippen LogP contribution in [0, 0.1) is 0 Å². The smallest absolute Gasteiger partial charge is 0.326 e. The summed E-state index contributed by atoms with van der Waals surface area (Å²) >= 11 is 0. The van der Waals surface area contributed by atoms with Crippen LogP contribution in [0.2, 0.25) is 0 Å². The van der Waals surface area contributed by atoms with Crippen molar-refractivity contribution in [1.29, 1.82) is 0 Å². The number of rotatable bonds is 8. The second-order valence-electron chi connectivity index (χ2n) is 3.91. The molecule has 2 amide bonds. The molecule has 0 aliphatic heterocycles. The first-order chi connectivity index (χ1) is 8.04. The van der Waals surface area contributed by atoms with Gasteiger partial charge in [0.1, 0.15) is 6.04 Å². The van der Waals surface area contributed by atoms with E-state index < -0.39 is 18.0 Å². The van der Waals surface area contributed by atoms with Crippen LogP contribution in [0.1, 0.15) is 39.5 Å². The van der Waals surface area contributed by atoms with Crippen LogP contribution in [0.4, 0.5) is 4.79 Å². The van der Waals surface area contributed by atoms with E-state index in [-0.39, 0.29) is 19.1 Å². The van der Waals surface area contributed by atoms with Gasteiger partial charge in [-0.25, -0.2) is 9.59 Å². The molecule has 4 N–H and O–H groups in total. The van der Waals surface area contributed by atoms with Gasteiger partial charge in [0.15, 0.2) is 0 Å². The Morgan fingerprint density at radius 2 is 1.82 bits per heavy atom. The minimum Gasteiger partial charge on any atom is -0.480 e. The summed E-state index contributed by atoms with van der Waals surface area (Å²) < 4.78 is 0. The van der Waals surface area contributed by atoms with Gasteiger partial charge in [0.25, 0.3) is 0 Å². The molecule has 0 aromatic carbocycles. The average molecular weight is 246 g/mol. The normalized spacial score (nSPS) is 13.8. The lowest BCUT2D eigenvalue weighted by Crippen LogP contribution is -2.49. The molecule has 2 atom stereocenters. The average Bonchev–Trinajstić information content (AvgIpc) is 2.27. The van der Waals surface area contributed by atoms with Gasteiger partial charge in [-0.15, -0.1) is 0 Å². The Kier molecular flexibility index (Phi) is 8.13. The van der Waals surface area contributed by atoms with Gasteiger partial charge in [0, 0.05) is 19.1 Å². The minimum atomic E-state index is -1.14. The minimum absolute atomic E-state index is 0.00726. The molecule has 100 valence electrons. The van der Waals surface area contributed by atoms with Crippen molar-refractivity contribution in [1.82, 2.24) is 10.6 Å². The monoisotopic (exact) mass is 246 g/mol. The molecule has 0 aromatic rings. The predicted molar refractivity (Wildman–Crippen MR) is 63.8 cm³/mol. The zero-order valence-electron chi connectivity index (χ0n) is 10.4. The zero-order chi connectivity index (χ0) is 13.3. The Labute approximate surface area is 101 Å². The summed E-state index contributed by atoms with van der Waals surface area (Å²) in [7, 11) is 0. The summed E-state index contributed by atoms with van der Waals surface area (Å²) in [6.07, 6.45) is 2.63. The maximum atomic E-state index is 11.5. The second-order valence-corrected chi connectivity index (χ2v) is 3.91. The first-order valence-electron chi connectivity index (χ1n) is 5.95. The summed E-state index contributed by atoms with van der Waals surface area (Å²) in [4.78, 5) is 22.3. The lowest BCUT2D eigenvalue weighted by Gasteiger charge is -2.19. The van der Waals surface area contributed by atoms with Crippen LogP contribution < -0.4 is 10.6 Å². The Hall–Kier alpha value is -1.30. The van der Waals surface area contributed by atoms with E-state index in [0.29, 0.717) is 0 Å². The van der Waals surface area contributed by atoms with Crippen molar-refractivity contribution < 1.29 is 19.8 Å². The van der Waals surface area contributed by atoms with Gasteiger partial charge >= 0.3 is 12.0 Å². The summed E-state index contributed by atoms with van der Waals surface area (Å²) in [5.41, 5.74) is 0. The van der Waals surface area contributed by atoms with Crippen molar-refractivity contribution in [2.45, 2.75) is 51.6 Å². The Balaban J connectivity index is 4.16. The fraction of sp³-hybridized carbons (Fsp3) is 0.818. The van der Waals surface area contributed by atoms with Crippen LogP contribution in [0.3, 0.4) is 0 Å². The van der Waals surface area contributed by atoms with Crippen molar-refractivity contribution in [3.05, 3.63) is 0 Å². The number of carbonyl (C=O) groups is 2. The van der Waals surface area contributed by atoms with Crippen molar-refractivity contribution in [3.8, 4) is 0 Å². The van der Waals surface area contributed by atoms with E-state index in [0.717, 1.165) is 19.3 Å². The molecular weight excluding hydrogens is 224 g/mol. The fourth-order valence-electron chi connectivity index (χ4n) is 1.50. The highest BCUT2D eigenvalue weighted by Gasteiger charge is 2.20. The van der Waals surface area contributed by atoms with E-state index in [2.05, 4.69) is 10.6 Å². The van der Waals surface area contributed by atoms with E-state index in [1.165, 1.54) is 0 Å². The highest BCUT2D eigenvalue weighted by Crippen LogP contribution is 2.01. The Morgan fingerprint density at radius 3 is 2.24 bits per heavy atom. The van der Waals surface area contributed by atoms with Crippen LogP contribution in [0.15, 0.2) is 0 Å². The number of carboxylic acid groups (broad SMARTS) is 1. The molecule has 0 spiro atoms. The SMILES string of the molecule is CCCC(CC)NC(=O)N[C@@H](CCO)C(=O)O. The molecule has 0 heterocycles. The number of aliphatic hydroxyl groups is 1. The van der Waals surface area contributed by atoms with Gasteiger partial charge in [0.2, 0.25) is 0 Å². The third-order valence-electron chi connectivity index (χ3n) is 2.49. The highest BCUT2D eigenvalue weighted by molar-refractivity contribution is 5.82. The molecule has 0 saturated carbocycles. The molecule has 1 unspecified atom stereocenters. The predicted octanol–water partition coefficient (Wildman–Crippen LogP) is 0.700. The lowest BCUT2D eigenvalue weighted by atomic mass is 10.1. The standard InChI is InChI=1S/C11H22N2O4/c1-3-5-8(4-2)12-11(17)13-9(6-7-14)10(15)16/h8-9,14H,3-7H2,1-2H3,(H,15,16)(H2,12,13,17)/t8?,9-/m0/s1. The molecule has 0 aromatic heterocycles. The molecule has 6 heteroatoms. The van der Waals surface area contributed by atoms with Crippen molar-refractivity contribution in [3.63, 3.8) is 0 Å². The molecule has 17 heavy (non-hydrogen) atoms. The maximum absolute atomic E-state index is 11.5. The fourth-order valence-corrected chi connectivity index (χ4v) is 1.50. The highest BCUT2D eigenvalue weighted by atomic mass is 16.4. The van der Waals surface area contributed by atoms with Crippen LogP contribution >= 0.6 is 0 Å². The number of amides is 2.